The van der Waals surface area contributed by atoms with E-state index in [2.05, 4.69) is 142 Å². The van der Waals surface area contributed by atoms with Crippen LogP contribution in [-0.4, -0.2) is 13.3 Å². The molecule has 0 N–H and O–H groups in total. The van der Waals surface area contributed by atoms with Gasteiger partial charge in [-0.15, -0.1) is 0 Å². The Hall–Kier alpha value is -5.26. The molecular weight excluding hydrogens is 717 g/mol. The van der Waals surface area contributed by atoms with Crippen molar-refractivity contribution in [2.45, 2.75) is 56.9 Å². The van der Waals surface area contributed by atoms with Gasteiger partial charge in [0, 0.05) is 0 Å². The molecule has 1 atom stereocenters. The second kappa shape index (κ2) is 10.7. The molecule has 54 heavy (non-hydrogen) atoms. The molecule has 0 bridgehead atoms. The minimum atomic E-state index is -2.60. The third-order valence-corrected chi connectivity index (χ3v) is 16.1. The van der Waals surface area contributed by atoms with Gasteiger partial charge in [0.1, 0.15) is 0 Å². The van der Waals surface area contributed by atoms with Crippen molar-refractivity contribution in [3.63, 3.8) is 0 Å². The van der Waals surface area contributed by atoms with Crippen molar-refractivity contribution in [3.8, 4) is 22.5 Å². The Morgan fingerprint density at radius 2 is 1.30 bits per heavy atom. The number of furan rings is 1. The van der Waals surface area contributed by atoms with E-state index in [0.717, 1.165) is 66.2 Å². The summed E-state index contributed by atoms with van der Waals surface area (Å²) in [6, 6.07) is 40.8. The van der Waals surface area contributed by atoms with E-state index in [4.69, 9.17) is 8.53 Å². The Balaban J connectivity index is 1.33. The number of pyridine rings is 2. The summed E-state index contributed by atoms with van der Waals surface area (Å²) < 4.78 is 58.8. The molecule has 4 heteroatoms. The van der Waals surface area contributed by atoms with Crippen molar-refractivity contribution >= 4 is 71.9 Å². The number of hydrogen-bond acceptors (Lipinski definition) is 1. The Labute approximate surface area is 325 Å². The van der Waals surface area contributed by atoms with E-state index >= 15 is 0 Å². The molecule has 1 unspecified atom stereocenters. The van der Waals surface area contributed by atoms with E-state index in [0.29, 0.717) is 5.58 Å². The van der Waals surface area contributed by atoms with Crippen LogP contribution in [0.15, 0.2) is 132 Å². The number of rotatable bonds is 2. The molecule has 6 aromatic carbocycles. The maximum atomic E-state index is 9.57. The maximum absolute atomic E-state index is 9.57. The first-order chi connectivity index (χ1) is 27.9. The molecule has 262 valence electrons. The second-order valence-corrected chi connectivity index (χ2v) is 28.0. The fraction of sp³-hybridized carbons (Fsp3) is 0.200. The van der Waals surface area contributed by atoms with Crippen LogP contribution in [0.3, 0.4) is 0 Å². The zero-order valence-corrected chi connectivity index (χ0v) is 33.5. The van der Waals surface area contributed by atoms with E-state index in [-0.39, 0.29) is 11.1 Å². The number of aryl methyl sites for hydroxylation is 1. The van der Waals surface area contributed by atoms with Crippen molar-refractivity contribution in [2.24, 2.45) is 5.41 Å². The van der Waals surface area contributed by atoms with Crippen LogP contribution in [0.2, 0.25) is 17.3 Å². The molecule has 0 fully saturated rings. The summed E-state index contributed by atoms with van der Waals surface area (Å²) in [5, 5.41) is 8.96. The van der Waals surface area contributed by atoms with Gasteiger partial charge in [-0.25, -0.2) is 0 Å². The zero-order valence-electron chi connectivity index (χ0n) is 36.4. The van der Waals surface area contributed by atoms with Gasteiger partial charge < -0.3 is 0 Å². The van der Waals surface area contributed by atoms with E-state index < -0.39 is 37.6 Å². The first-order valence-corrected chi connectivity index (χ1v) is 26.3. The number of benzene rings is 6. The van der Waals surface area contributed by atoms with Gasteiger partial charge in [-0.3, -0.25) is 0 Å². The normalized spacial score (nSPS) is 18.1. The summed E-state index contributed by atoms with van der Waals surface area (Å²) in [6.45, 7) is 2.90. The summed E-state index contributed by atoms with van der Waals surface area (Å²) in [4.78, 5) is 0. The van der Waals surface area contributed by atoms with Crippen molar-refractivity contribution in [3.05, 3.63) is 150 Å². The Kier molecular flexibility index (Phi) is 5.42. The summed E-state index contributed by atoms with van der Waals surface area (Å²) in [5.41, 5.74) is 5.41. The van der Waals surface area contributed by atoms with Crippen molar-refractivity contribution < 1.29 is 20.4 Å². The topological polar surface area (TPSA) is 20.9 Å². The van der Waals surface area contributed by atoms with Crippen molar-refractivity contribution in [1.82, 2.24) is 0 Å². The van der Waals surface area contributed by atoms with Gasteiger partial charge in [0.15, 0.2) is 0 Å². The molecule has 3 nitrogen and oxygen atoms in total. The van der Waals surface area contributed by atoms with Crippen LogP contribution < -0.4 is 13.5 Å². The third-order valence-electron chi connectivity index (χ3n) is 11.8. The Morgan fingerprint density at radius 3 is 1.98 bits per heavy atom. The number of aromatic nitrogens is 2. The molecule has 5 heterocycles. The van der Waals surface area contributed by atoms with Crippen LogP contribution in [0.25, 0.3) is 76.8 Å². The van der Waals surface area contributed by atoms with Crippen molar-refractivity contribution in [2.75, 3.05) is 0 Å². The molecule has 11 rings (SSSR count). The van der Waals surface area contributed by atoms with Crippen LogP contribution in [0, 0.1) is 12.3 Å². The predicted octanol–water partition coefficient (Wildman–Crippen LogP) is 11.3. The van der Waals surface area contributed by atoms with E-state index in [9.17, 15) is 2.74 Å². The fourth-order valence-corrected chi connectivity index (χ4v) is 11.8. The first-order valence-electron chi connectivity index (χ1n) is 21.4. The van der Waals surface area contributed by atoms with Crippen LogP contribution >= 0.6 is 0 Å². The molecule has 0 saturated heterocycles. The predicted molar refractivity (Wildman–Crippen MR) is 226 cm³/mol. The van der Waals surface area contributed by atoms with Crippen LogP contribution in [0.5, 0.6) is 0 Å². The molecule has 0 amide bonds. The van der Waals surface area contributed by atoms with Gasteiger partial charge in [-0.1, -0.05) is 48.5 Å². The fourth-order valence-electron chi connectivity index (χ4n) is 9.52. The first kappa shape index (κ1) is 27.3. The molecule has 3 aromatic heterocycles. The average molecular weight is 767 g/mol. The molecule has 9 aromatic rings. The van der Waals surface area contributed by atoms with Crippen LogP contribution in [-0.2, 0) is 12.0 Å². The van der Waals surface area contributed by atoms with E-state index in [1.54, 1.807) is 6.20 Å². The molecular formula is C50H44GeN2O+2. The van der Waals surface area contributed by atoms with Gasteiger partial charge in [-0.05, 0) is 10.8 Å². The van der Waals surface area contributed by atoms with Gasteiger partial charge in [0.2, 0.25) is 0 Å². The summed E-state index contributed by atoms with van der Waals surface area (Å²) in [7, 11) is 0. The quantitative estimate of drug-likeness (QED) is 0.0975. The van der Waals surface area contributed by atoms with Crippen molar-refractivity contribution in [1.29, 1.82) is 0 Å². The molecule has 0 radical (unpaired) electrons. The van der Waals surface area contributed by atoms with Gasteiger partial charge in [0.05, 0.1) is 0 Å². The summed E-state index contributed by atoms with van der Waals surface area (Å²) in [6.07, 6.45) is 2.06. The number of hydrogen-bond donors (Lipinski definition) is 0. The summed E-state index contributed by atoms with van der Waals surface area (Å²) in [5.74, 6) is 7.17. The van der Waals surface area contributed by atoms with Crippen LogP contribution in [0.1, 0.15) is 49.9 Å². The Morgan fingerprint density at radius 1 is 0.648 bits per heavy atom. The Bertz CT molecular complexity index is 3330. The SMILES string of the molecule is [2H]C([2H])([2H])c1c[n+]2c(cc1C([2H])([2H])C(C)(C)C)-c1c(ccc3c1oc1cc4c5ccccc5c5ccccc5c4cc13)C21c2ccccc2-c2cc[c]([Ge]([CH3])([CH3])[CH3])c[n+]21. The summed E-state index contributed by atoms with van der Waals surface area (Å²) >= 11 is -2.43. The second-order valence-electron chi connectivity index (χ2n) is 17.3. The molecule has 0 aliphatic carbocycles. The van der Waals surface area contributed by atoms with E-state index in [1.807, 2.05) is 26.8 Å². The van der Waals surface area contributed by atoms with Gasteiger partial charge in [-0.2, -0.15) is 0 Å². The van der Waals surface area contributed by atoms with E-state index in [1.165, 1.54) is 20.6 Å². The van der Waals surface area contributed by atoms with Gasteiger partial charge in [0.25, 0.3) is 0 Å². The minimum absolute atomic E-state index is 0.00961. The molecule has 0 saturated carbocycles. The number of nitrogens with zero attached hydrogens (tertiary/aromatic N) is 2. The third kappa shape index (κ3) is 4.19. The molecule has 2 aliphatic rings. The average Bonchev–Trinajstić information content (AvgIpc) is 3.81. The zero-order chi connectivity index (χ0) is 41.2. The standard InChI is InChI=1S/C50H44GeN2O/c1-30-28-52-45(24-31(30)27-49(2,3)4)47-43(50(52)42-19-13-12-18-38(42)44-23-20-32(29-53(44)50)51(5,6)7)22-21-37-41-25-39-35-16-10-8-14-33(35)34-15-9-11-17-36(34)40(39)26-46(41)54-48(37)47/h8-26,28-29H,27H2,1-7H3/q+2/i1D3,27D2. The molecule has 2 aliphatic heterocycles. The monoisotopic (exact) mass is 767 g/mol. The number of fused-ring (bicyclic) bond motifs is 20. The van der Waals surface area contributed by atoms with Crippen LogP contribution in [0.4, 0.5) is 0 Å². The van der Waals surface area contributed by atoms with Gasteiger partial charge >= 0.3 is 268 Å². The molecule has 1 spiro atoms.